The van der Waals surface area contributed by atoms with Crippen LogP contribution in [0.5, 0.6) is 0 Å². The highest BCUT2D eigenvalue weighted by Crippen LogP contribution is 2.41. The minimum Gasteiger partial charge on any atom is -0.349 e. The number of carbonyl (C=O) groups is 1. The van der Waals surface area contributed by atoms with Gasteiger partial charge in [0, 0.05) is 28.7 Å². The summed E-state index contributed by atoms with van der Waals surface area (Å²) in [7, 11) is -4.00. The molecule has 3 N–H and O–H groups in total. The van der Waals surface area contributed by atoms with Crippen LogP contribution in [0, 0.1) is 17.7 Å². The van der Waals surface area contributed by atoms with Crippen LogP contribution in [0.2, 0.25) is 0 Å². The molecule has 0 radical (unpaired) electrons. The highest BCUT2D eigenvalue weighted by atomic mass is 32.2. The van der Waals surface area contributed by atoms with Gasteiger partial charge in [0.2, 0.25) is 5.56 Å². The average molecular weight is 498 g/mol. The zero-order chi connectivity index (χ0) is 24.6. The smallest absolute Gasteiger partial charge is 0.261 e. The topological polar surface area (TPSA) is 108 Å². The lowest BCUT2D eigenvalue weighted by molar-refractivity contribution is 0.0903. The first-order valence-electron chi connectivity index (χ1n) is 12.0. The van der Waals surface area contributed by atoms with E-state index in [1.165, 1.54) is 55.7 Å². The van der Waals surface area contributed by atoms with E-state index in [0.29, 0.717) is 10.9 Å². The van der Waals surface area contributed by atoms with Crippen LogP contribution in [0.3, 0.4) is 0 Å². The Morgan fingerprint density at radius 1 is 0.914 bits per heavy atom. The fourth-order valence-electron chi connectivity index (χ4n) is 5.23. The van der Waals surface area contributed by atoms with E-state index in [-0.39, 0.29) is 28.1 Å². The number of hydrogen-bond acceptors (Lipinski definition) is 4. The molecule has 0 spiro atoms. The monoisotopic (exact) mass is 497 g/mol. The maximum atomic E-state index is 13.2. The van der Waals surface area contributed by atoms with Crippen molar-refractivity contribution in [1.82, 2.24) is 10.3 Å². The lowest BCUT2D eigenvalue weighted by Crippen LogP contribution is -2.39. The number of pyridine rings is 1. The number of halogens is 1. The molecule has 35 heavy (non-hydrogen) atoms. The number of benzene rings is 2. The SMILES string of the molecule is O=C(NC1CCC(C2CCC2)CC1)c1cc(=O)[nH]c2ccc(S(=O)(=O)Nc3ccc(F)cc3)cc12. The van der Waals surface area contributed by atoms with Gasteiger partial charge in [-0.2, -0.15) is 0 Å². The lowest BCUT2D eigenvalue weighted by atomic mass is 9.69. The number of hydrogen-bond donors (Lipinski definition) is 3. The maximum absolute atomic E-state index is 13.2. The molecule has 1 aromatic heterocycles. The standard InChI is InChI=1S/C26H28FN3O4S/c27-18-6-10-20(11-7-18)30-35(33,34)21-12-13-24-22(14-21)23(15-25(31)29-24)26(32)28-19-8-4-17(5-9-19)16-2-1-3-16/h6-7,10-17,19,30H,1-5,8-9H2,(H,28,32)(H,29,31). The minimum absolute atomic E-state index is 0.0419. The Balaban J connectivity index is 1.38. The predicted molar refractivity (Wildman–Crippen MR) is 132 cm³/mol. The Bertz CT molecular complexity index is 1410. The largest absolute Gasteiger partial charge is 0.349 e. The van der Waals surface area contributed by atoms with Crippen molar-refractivity contribution in [2.45, 2.75) is 55.9 Å². The summed E-state index contributed by atoms with van der Waals surface area (Å²) < 4.78 is 41.4. The maximum Gasteiger partial charge on any atom is 0.261 e. The second kappa shape index (κ2) is 9.45. The van der Waals surface area contributed by atoms with Gasteiger partial charge < -0.3 is 10.3 Å². The molecule has 184 valence electrons. The molecular formula is C26H28FN3O4S. The van der Waals surface area contributed by atoms with Gasteiger partial charge in [0.15, 0.2) is 0 Å². The number of anilines is 1. The van der Waals surface area contributed by atoms with Crippen molar-refractivity contribution in [2.24, 2.45) is 11.8 Å². The molecule has 9 heteroatoms. The van der Waals surface area contributed by atoms with Gasteiger partial charge in [-0.3, -0.25) is 14.3 Å². The first-order valence-corrected chi connectivity index (χ1v) is 13.5. The van der Waals surface area contributed by atoms with E-state index in [0.717, 1.165) is 49.7 Å². The van der Waals surface area contributed by atoms with E-state index in [1.54, 1.807) is 0 Å². The van der Waals surface area contributed by atoms with Gasteiger partial charge in [-0.1, -0.05) is 19.3 Å². The van der Waals surface area contributed by atoms with Crippen molar-refractivity contribution in [3.05, 3.63) is 70.3 Å². The summed E-state index contributed by atoms with van der Waals surface area (Å²) in [6.07, 6.45) is 7.99. The van der Waals surface area contributed by atoms with Crippen molar-refractivity contribution in [3.63, 3.8) is 0 Å². The molecule has 1 amide bonds. The van der Waals surface area contributed by atoms with Crippen LogP contribution in [0.1, 0.15) is 55.3 Å². The third-order valence-corrected chi connectivity index (χ3v) is 8.77. The third-order valence-electron chi connectivity index (χ3n) is 7.39. The van der Waals surface area contributed by atoms with Crippen LogP contribution in [0.15, 0.2) is 58.2 Å². The molecule has 2 aliphatic rings. The Morgan fingerprint density at radius 3 is 2.26 bits per heavy atom. The summed E-state index contributed by atoms with van der Waals surface area (Å²) in [5.74, 6) is 0.731. The van der Waals surface area contributed by atoms with Gasteiger partial charge in [0.1, 0.15) is 5.82 Å². The summed E-state index contributed by atoms with van der Waals surface area (Å²) in [6.45, 7) is 0. The summed E-state index contributed by atoms with van der Waals surface area (Å²) >= 11 is 0. The van der Waals surface area contributed by atoms with Crippen LogP contribution >= 0.6 is 0 Å². The normalized spacial score (nSPS) is 20.8. The summed E-state index contributed by atoms with van der Waals surface area (Å²) in [4.78, 5) is 28.0. The van der Waals surface area contributed by atoms with E-state index in [9.17, 15) is 22.4 Å². The van der Waals surface area contributed by atoms with Gasteiger partial charge >= 0.3 is 0 Å². The number of rotatable bonds is 6. The summed E-state index contributed by atoms with van der Waals surface area (Å²) in [6, 6.07) is 10.4. The molecule has 3 aromatic rings. The van der Waals surface area contributed by atoms with Crippen LogP contribution < -0.4 is 15.6 Å². The van der Waals surface area contributed by atoms with Crippen molar-refractivity contribution in [1.29, 1.82) is 0 Å². The van der Waals surface area contributed by atoms with Crippen LogP contribution in [0.4, 0.5) is 10.1 Å². The first kappa shape index (κ1) is 23.5. The first-order chi connectivity index (χ1) is 16.8. The number of fused-ring (bicyclic) bond motifs is 1. The minimum atomic E-state index is -4.00. The number of aromatic nitrogens is 1. The molecule has 0 unspecified atom stereocenters. The van der Waals surface area contributed by atoms with Gasteiger partial charge in [-0.15, -0.1) is 0 Å². The van der Waals surface area contributed by atoms with Crippen molar-refractivity contribution in [2.75, 3.05) is 4.72 Å². The van der Waals surface area contributed by atoms with Crippen LogP contribution in [0.25, 0.3) is 10.9 Å². The van der Waals surface area contributed by atoms with E-state index >= 15 is 0 Å². The van der Waals surface area contributed by atoms with E-state index in [1.807, 2.05) is 0 Å². The van der Waals surface area contributed by atoms with E-state index < -0.39 is 21.4 Å². The van der Waals surface area contributed by atoms with E-state index in [4.69, 9.17) is 0 Å². The lowest BCUT2D eigenvalue weighted by Gasteiger charge is -2.38. The van der Waals surface area contributed by atoms with Gasteiger partial charge in [0.25, 0.3) is 15.9 Å². The Kier molecular flexibility index (Phi) is 6.35. The summed E-state index contributed by atoms with van der Waals surface area (Å²) in [5.41, 5.74) is 0.292. The zero-order valence-corrected chi connectivity index (χ0v) is 20.0. The van der Waals surface area contributed by atoms with Crippen molar-refractivity contribution < 1.29 is 17.6 Å². The number of sulfonamides is 1. The number of amides is 1. The molecule has 0 bridgehead atoms. The van der Waals surface area contributed by atoms with E-state index in [2.05, 4.69) is 15.0 Å². The van der Waals surface area contributed by atoms with Crippen molar-refractivity contribution in [3.8, 4) is 0 Å². The quantitative estimate of drug-likeness (QED) is 0.464. The third kappa shape index (κ3) is 5.10. The molecule has 0 atom stereocenters. The second-order valence-electron chi connectivity index (χ2n) is 9.64. The Labute approximate surface area is 203 Å². The Hall–Kier alpha value is -3.20. The predicted octanol–water partition coefficient (Wildman–Crippen LogP) is 4.56. The van der Waals surface area contributed by atoms with Crippen LogP contribution in [-0.4, -0.2) is 25.4 Å². The molecule has 5 rings (SSSR count). The fraction of sp³-hybridized carbons (Fsp3) is 0.385. The molecule has 1 heterocycles. The molecule has 0 saturated heterocycles. The number of aromatic amines is 1. The van der Waals surface area contributed by atoms with Gasteiger partial charge in [0.05, 0.1) is 10.5 Å². The molecule has 7 nitrogen and oxygen atoms in total. The van der Waals surface area contributed by atoms with Crippen molar-refractivity contribution >= 4 is 32.5 Å². The van der Waals surface area contributed by atoms with Gasteiger partial charge in [-0.25, -0.2) is 12.8 Å². The zero-order valence-electron chi connectivity index (χ0n) is 19.2. The highest BCUT2D eigenvalue weighted by Gasteiger charge is 2.31. The number of carbonyl (C=O) groups excluding carboxylic acids is 1. The molecular weight excluding hydrogens is 469 g/mol. The summed E-state index contributed by atoms with van der Waals surface area (Å²) in [5, 5.41) is 3.40. The molecule has 2 aliphatic carbocycles. The Morgan fingerprint density at radius 2 is 1.60 bits per heavy atom. The number of H-pyrrole nitrogens is 1. The van der Waals surface area contributed by atoms with Crippen LogP contribution in [-0.2, 0) is 10.0 Å². The molecule has 0 aliphatic heterocycles. The molecule has 2 aromatic carbocycles. The average Bonchev–Trinajstić information content (AvgIpc) is 2.79. The number of nitrogens with one attached hydrogen (secondary N) is 3. The molecule has 2 saturated carbocycles. The van der Waals surface area contributed by atoms with Gasteiger partial charge in [-0.05, 0) is 80.0 Å². The molecule has 2 fully saturated rings. The fourth-order valence-corrected chi connectivity index (χ4v) is 6.31. The second-order valence-corrected chi connectivity index (χ2v) is 11.3. The highest BCUT2D eigenvalue weighted by molar-refractivity contribution is 7.92.